The van der Waals surface area contributed by atoms with Crippen LogP contribution in [0.5, 0.6) is 5.75 Å². The molecule has 0 saturated heterocycles. The van der Waals surface area contributed by atoms with Crippen molar-refractivity contribution in [2.24, 2.45) is 0 Å². The number of anilines is 1. The molecule has 0 aliphatic rings. The molecule has 0 heterocycles. The van der Waals surface area contributed by atoms with Crippen molar-refractivity contribution in [1.29, 1.82) is 0 Å². The second-order valence-corrected chi connectivity index (χ2v) is 14.0. The SMILES string of the molecule is CC[C@@H](C)NC(=O)[C@H](Cc1ccccc1)N(Cc1c(Cl)cccc1Cl)C(=O)CN(c1cccc(Cl)c1)S(=O)(=O)c1ccc(OC)cc1. The number of benzene rings is 4. The van der Waals surface area contributed by atoms with Gasteiger partial charge in [-0.2, -0.15) is 0 Å². The number of halogens is 3. The molecule has 12 heteroatoms. The zero-order chi connectivity index (χ0) is 34.1. The van der Waals surface area contributed by atoms with Crippen LogP contribution in [0.15, 0.2) is 102 Å². The van der Waals surface area contributed by atoms with Gasteiger partial charge in [-0.3, -0.25) is 13.9 Å². The number of hydrogen-bond donors (Lipinski definition) is 1. The predicted octanol–water partition coefficient (Wildman–Crippen LogP) is 7.41. The summed E-state index contributed by atoms with van der Waals surface area (Å²) in [5, 5.41) is 3.88. The summed E-state index contributed by atoms with van der Waals surface area (Å²) in [6, 6.07) is 25.1. The van der Waals surface area contributed by atoms with Gasteiger partial charge in [0.25, 0.3) is 10.0 Å². The summed E-state index contributed by atoms with van der Waals surface area (Å²) in [6.07, 6.45) is 0.816. The molecule has 248 valence electrons. The van der Waals surface area contributed by atoms with E-state index in [0.29, 0.717) is 27.8 Å². The number of nitrogens with zero attached hydrogens (tertiary/aromatic N) is 2. The molecule has 47 heavy (non-hydrogen) atoms. The Hall–Kier alpha value is -3.76. The van der Waals surface area contributed by atoms with Gasteiger partial charge in [-0.15, -0.1) is 0 Å². The van der Waals surface area contributed by atoms with E-state index in [-0.39, 0.29) is 34.6 Å². The molecule has 0 radical (unpaired) electrons. The van der Waals surface area contributed by atoms with E-state index in [1.807, 2.05) is 44.2 Å². The Bertz CT molecular complexity index is 1770. The number of sulfonamides is 1. The summed E-state index contributed by atoms with van der Waals surface area (Å²) in [6.45, 7) is 3.00. The van der Waals surface area contributed by atoms with Crippen LogP contribution in [0, 0.1) is 0 Å². The van der Waals surface area contributed by atoms with Crippen LogP contribution in [0.4, 0.5) is 5.69 Å². The van der Waals surface area contributed by atoms with E-state index in [1.165, 1.54) is 42.3 Å². The first-order valence-electron chi connectivity index (χ1n) is 14.9. The van der Waals surface area contributed by atoms with Gasteiger partial charge >= 0.3 is 0 Å². The highest BCUT2D eigenvalue weighted by Crippen LogP contribution is 2.30. The molecule has 2 amide bonds. The molecule has 4 aromatic rings. The molecule has 0 fully saturated rings. The number of amides is 2. The van der Waals surface area contributed by atoms with Gasteiger partial charge in [0.2, 0.25) is 11.8 Å². The lowest BCUT2D eigenvalue weighted by Gasteiger charge is -2.34. The number of rotatable bonds is 14. The molecule has 4 rings (SSSR count). The Kier molecular flexibility index (Phi) is 12.6. The van der Waals surface area contributed by atoms with Gasteiger partial charge in [-0.25, -0.2) is 8.42 Å². The maximum Gasteiger partial charge on any atom is 0.264 e. The van der Waals surface area contributed by atoms with Crippen molar-refractivity contribution in [2.75, 3.05) is 18.0 Å². The highest BCUT2D eigenvalue weighted by molar-refractivity contribution is 7.92. The molecule has 0 unspecified atom stereocenters. The van der Waals surface area contributed by atoms with Crippen LogP contribution < -0.4 is 14.4 Å². The number of methoxy groups -OCH3 is 1. The summed E-state index contributed by atoms with van der Waals surface area (Å²) < 4.78 is 34.6. The van der Waals surface area contributed by atoms with Gasteiger partial charge in [0.15, 0.2) is 0 Å². The number of hydrogen-bond acceptors (Lipinski definition) is 5. The third-order valence-electron chi connectivity index (χ3n) is 7.68. The molecular weight excluding hydrogens is 681 g/mol. The van der Waals surface area contributed by atoms with Crippen molar-refractivity contribution < 1.29 is 22.7 Å². The summed E-state index contributed by atoms with van der Waals surface area (Å²) >= 11 is 19.4. The fraction of sp³-hybridized carbons (Fsp3) is 0.257. The van der Waals surface area contributed by atoms with E-state index in [4.69, 9.17) is 39.5 Å². The first kappa shape index (κ1) is 36.1. The Labute approximate surface area is 291 Å². The van der Waals surface area contributed by atoms with Gasteiger partial charge < -0.3 is 15.0 Å². The molecule has 0 aromatic heterocycles. The summed E-state index contributed by atoms with van der Waals surface area (Å²) in [7, 11) is -2.85. The van der Waals surface area contributed by atoms with Gasteiger partial charge in [0.1, 0.15) is 18.3 Å². The first-order chi connectivity index (χ1) is 22.4. The Morgan fingerprint density at radius 2 is 1.51 bits per heavy atom. The average molecular weight is 717 g/mol. The van der Waals surface area contributed by atoms with Crippen molar-refractivity contribution in [3.05, 3.63) is 123 Å². The number of carbonyl (C=O) groups is 2. The molecule has 2 atom stereocenters. The maximum atomic E-state index is 14.6. The molecule has 0 spiro atoms. The molecule has 0 bridgehead atoms. The van der Waals surface area contributed by atoms with Crippen LogP contribution in [0.1, 0.15) is 31.4 Å². The van der Waals surface area contributed by atoms with E-state index in [1.54, 1.807) is 36.4 Å². The van der Waals surface area contributed by atoms with E-state index < -0.39 is 34.4 Å². The zero-order valence-electron chi connectivity index (χ0n) is 26.2. The maximum absolute atomic E-state index is 14.6. The Morgan fingerprint density at radius 1 is 0.872 bits per heavy atom. The van der Waals surface area contributed by atoms with E-state index in [9.17, 15) is 18.0 Å². The first-order valence-corrected chi connectivity index (χ1v) is 17.5. The normalized spacial score (nSPS) is 12.6. The van der Waals surface area contributed by atoms with Crippen LogP contribution in [0.25, 0.3) is 0 Å². The lowest BCUT2D eigenvalue weighted by atomic mass is 10.0. The van der Waals surface area contributed by atoms with Gasteiger partial charge in [-0.1, -0.05) is 84.2 Å². The van der Waals surface area contributed by atoms with Crippen LogP contribution in [0.2, 0.25) is 15.1 Å². The molecule has 0 aliphatic heterocycles. The van der Waals surface area contributed by atoms with Crippen molar-refractivity contribution in [3.63, 3.8) is 0 Å². The lowest BCUT2D eigenvalue weighted by molar-refractivity contribution is -0.140. The third kappa shape index (κ3) is 9.20. The second-order valence-electron chi connectivity index (χ2n) is 10.9. The lowest BCUT2D eigenvalue weighted by Crippen LogP contribution is -2.54. The molecule has 4 aromatic carbocycles. The fourth-order valence-corrected chi connectivity index (χ4v) is 6.99. The van der Waals surface area contributed by atoms with E-state index in [2.05, 4.69) is 5.32 Å². The molecular formula is C35H36Cl3N3O5S. The van der Waals surface area contributed by atoms with Crippen LogP contribution in [-0.4, -0.2) is 50.9 Å². The zero-order valence-corrected chi connectivity index (χ0v) is 29.3. The Morgan fingerprint density at radius 3 is 2.11 bits per heavy atom. The minimum absolute atomic E-state index is 0.0675. The minimum Gasteiger partial charge on any atom is -0.497 e. The molecule has 1 N–H and O–H groups in total. The van der Waals surface area contributed by atoms with Crippen molar-refractivity contribution in [2.45, 2.75) is 50.2 Å². The average Bonchev–Trinajstić information content (AvgIpc) is 3.06. The van der Waals surface area contributed by atoms with Crippen LogP contribution in [0.3, 0.4) is 0 Å². The van der Waals surface area contributed by atoms with Gasteiger partial charge in [-0.05, 0) is 73.5 Å². The molecule has 0 aliphatic carbocycles. The highest BCUT2D eigenvalue weighted by atomic mass is 35.5. The van der Waals surface area contributed by atoms with Crippen LogP contribution in [-0.2, 0) is 32.6 Å². The number of ether oxygens (including phenoxy) is 1. The van der Waals surface area contributed by atoms with E-state index in [0.717, 1.165) is 9.87 Å². The Balaban J connectivity index is 1.84. The molecule has 0 saturated carbocycles. The minimum atomic E-state index is -4.32. The summed E-state index contributed by atoms with van der Waals surface area (Å²) in [4.78, 5) is 29.9. The van der Waals surface area contributed by atoms with Crippen molar-refractivity contribution >= 4 is 62.3 Å². The van der Waals surface area contributed by atoms with Gasteiger partial charge in [0, 0.05) is 39.6 Å². The quantitative estimate of drug-likeness (QED) is 0.147. The topological polar surface area (TPSA) is 96.0 Å². The van der Waals surface area contributed by atoms with Crippen molar-refractivity contribution in [1.82, 2.24) is 10.2 Å². The smallest absolute Gasteiger partial charge is 0.264 e. The largest absolute Gasteiger partial charge is 0.497 e. The fourth-order valence-electron chi connectivity index (χ4n) is 4.88. The molecule has 8 nitrogen and oxygen atoms in total. The van der Waals surface area contributed by atoms with Gasteiger partial charge in [0.05, 0.1) is 17.7 Å². The number of carbonyl (C=O) groups excluding carboxylic acids is 2. The van der Waals surface area contributed by atoms with E-state index >= 15 is 0 Å². The highest BCUT2D eigenvalue weighted by Gasteiger charge is 2.35. The summed E-state index contributed by atoms with van der Waals surface area (Å²) in [5.41, 5.74) is 1.39. The second kappa shape index (κ2) is 16.4. The van der Waals surface area contributed by atoms with Crippen molar-refractivity contribution in [3.8, 4) is 5.75 Å². The van der Waals surface area contributed by atoms with Crippen LogP contribution >= 0.6 is 34.8 Å². The summed E-state index contributed by atoms with van der Waals surface area (Å²) in [5.74, 6) is -0.585. The standard InChI is InChI=1S/C35H36Cl3N3O5S/c1-4-24(2)39-35(43)33(20-25-10-6-5-7-11-25)40(22-30-31(37)14-9-15-32(30)38)34(42)23-41(27-13-8-12-26(36)21-27)47(44,45)29-18-16-28(46-3)17-19-29/h5-19,21,24,33H,4,20,22-23H2,1-3H3,(H,39,43)/t24-,33+/m1/s1. The monoisotopic (exact) mass is 715 g/mol. The number of nitrogens with one attached hydrogen (secondary N) is 1. The predicted molar refractivity (Wildman–Crippen MR) is 188 cm³/mol. The third-order valence-corrected chi connectivity index (χ3v) is 10.4.